The third kappa shape index (κ3) is 13.9. The Morgan fingerprint density at radius 1 is 0.866 bits per heavy atom. The van der Waals surface area contributed by atoms with E-state index in [1.165, 1.54) is 43.3 Å². The van der Waals surface area contributed by atoms with E-state index in [0.717, 1.165) is 25.7 Å². The van der Waals surface area contributed by atoms with Crippen LogP contribution < -0.4 is 14.4 Å². The maximum Gasteiger partial charge on any atom is 0.320 e. The first kappa shape index (κ1) is 66.2. The predicted molar refractivity (Wildman–Crippen MR) is 310 cm³/mol. The Bertz CT molecular complexity index is 2530. The minimum Gasteiger partial charge on any atom is -0.493 e. The first-order chi connectivity index (χ1) is 38.7. The van der Waals surface area contributed by atoms with E-state index in [1.54, 1.807) is 59.9 Å². The topological polar surface area (TPSA) is 220 Å². The summed E-state index contributed by atoms with van der Waals surface area (Å²) in [7, 11) is 8.35. The lowest BCUT2D eigenvalue weighted by atomic mass is 9.70. The zero-order valence-electron chi connectivity index (χ0n) is 50.4. The van der Waals surface area contributed by atoms with Crippen molar-refractivity contribution in [3.05, 3.63) is 46.2 Å². The molecule has 19 atom stereocenters. The summed E-state index contributed by atoms with van der Waals surface area (Å²) in [6, 6.07) is 4.88. The number of anilines is 1. The summed E-state index contributed by atoms with van der Waals surface area (Å²) in [6.45, 7) is 17.9. The summed E-state index contributed by atoms with van der Waals surface area (Å²) in [6.07, 6.45) is -1.14. The molecule has 2 aromatic rings. The van der Waals surface area contributed by atoms with Crippen molar-refractivity contribution in [1.82, 2.24) is 9.88 Å². The van der Waals surface area contributed by atoms with Gasteiger partial charge in [-0.05, 0) is 113 Å². The fraction of sp³-hybridized carbons (Fsp3) is 0.750. The van der Waals surface area contributed by atoms with Gasteiger partial charge in [-0.15, -0.1) is 11.8 Å². The van der Waals surface area contributed by atoms with Crippen LogP contribution in [0.4, 0.5) is 5.69 Å². The molecule has 1 saturated carbocycles. The number of fused-ring (bicyclic) bond motifs is 1. The molecule has 460 valence electrons. The second-order valence-electron chi connectivity index (χ2n) is 24.2. The molecule has 1 aromatic carbocycles. The van der Waals surface area contributed by atoms with Gasteiger partial charge in [0.1, 0.15) is 29.3 Å². The Kier molecular flexibility index (Phi) is 22.2. The highest BCUT2D eigenvalue weighted by Crippen LogP contribution is 2.50. The molecule has 2 N–H and O–H groups in total. The molecule has 0 spiro atoms. The standard InChI is InChI=1S/C60H89Cl2N3O16S/c1-16-44-60(10)47(51(56(71)81-60)82-24-23-65(54(69)46-39(61)29-63-30-40(46)62)37-21-22-42(72-13)43(26-37)77-38-19-17-18-20-38)33(4)48(66)31(2)27-59(9,74-15)53(80-57-49(67)41(64(11)12)25-32(3)75-57)34(5)50(35(6)55(70)78-44)79-45-28-58(8,73-14)52(68)36(7)76-45/h21-22,26,29-36,38,41,44-45,47,49-53,57,67-68H,16-20,23-25,27-28H2,1-15H3/t31-,32-,33-,34?,35-,36+,41+,44-,45+,47+,49-,50+,51+,52+,53-,57+,58-,59-,60-/m1/s1. The molecular weight excluding hydrogens is 1120 g/mol. The van der Waals surface area contributed by atoms with Crippen LogP contribution in [0.15, 0.2) is 30.6 Å². The molecule has 5 aliphatic rings. The first-order valence-electron chi connectivity index (χ1n) is 29.0. The second kappa shape index (κ2) is 27.5. The summed E-state index contributed by atoms with van der Waals surface area (Å²) < 4.78 is 64.3. The molecule has 7 rings (SSSR count). The number of carbonyl (C=O) groups excluding carboxylic acids is 4. The van der Waals surface area contributed by atoms with Crippen molar-refractivity contribution in [1.29, 1.82) is 0 Å². The molecule has 1 aliphatic carbocycles. The molecule has 19 nitrogen and oxygen atoms in total. The van der Waals surface area contributed by atoms with E-state index in [2.05, 4.69) is 4.98 Å². The number of aliphatic hydroxyl groups excluding tert-OH is 2. The summed E-state index contributed by atoms with van der Waals surface area (Å²) in [5.41, 5.74) is -3.49. The Morgan fingerprint density at radius 2 is 1.52 bits per heavy atom. The van der Waals surface area contributed by atoms with Crippen LogP contribution in [0, 0.1) is 29.6 Å². The molecule has 4 aliphatic heterocycles. The van der Waals surface area contributed by atoms with Gasteiger partial charge in [0, 0.05) is 86.8 Å². The monoisotopic (exact) mass is 1210 g/mol. The van der Waals surface area contributed by atoms with Crippen LogP contribution in [-0.2, 0) is 52.3 Å². The SMILES string of the molecule is CC[C@H]1OC(=O)[C@H](C)[C@@H](O[C@H]2C[C@@](C)(OC)[C@@H](O)[C@H](C)O2)C(C)[C@@H](O[C@@H]2O[C@H](C)C[C@H](N(C)C)[C@H]2O)[C@](C)(OC)C[C@@H](C)C(=O)[C@H](C)[C@H]2[C@H](SCCN(C(=O)c3c(Cl)cncc3Cl)c3ccc(OC)c(OC4CCCC4)c3)C(=O)O[C@@]21C. The van der Waals surface area contributed by atoms with Crippen molar-refractivity contribution in [3.63, 3.8) is 0 Å². The number of benzene rings is 1. The van der Waals surface area contributed by atoms with E-state index in [0.29, 0.717) is 23.6 Å². The number of likely N-dealkylation sites (N-methyl/N-ethyl adjacent to an activating group) is 1. The summed E-state index contributed by atoms with van der Waals surface area (Å²) in [5, 5.41) is 22.3. The number of rotatable bonds is 17. The second-order valence-corrected chi connectivity index (χ2v) is 26.2. The number of nitrogens with zero attached hydrogens (tertiary/aromatic N) is 3. The largest absolute Gasteiger partial charge is 0.493 e. The van der Waals surface area contributed by atoms with Crippen LogP contribution in [0.5, 0.6) is 11.5 Å². The number of methoxy groups -OCH3 is 3. The number of halogens is 2. The number of Topliss-reactive ketones (excluding diaryl/α,β-unsaturated/α-hetero) is 1. The molecule has 22 heteroatoms. The lowest BCUT2D eigenvalue weighted by Gasteiger charge is -2.50. The maximum atomic E-state index is 15.5. The average Bonchev–Trinajstić information content (AvgIpc) is 3.51. The predicted octanol–water partition coefficient (Wildman–Crippen LogP) is 8.74. The summed E-state index contributed by atoms with van der Waals surface area (Å²) >= 11 is 14.5. The number of hydrogen-bond donors (Lipinski definition) is 2. The van der Waals surface area contributed by atoms with Gasteiger partial charge in [0.15, 0.2) is 29.7 Å². The number of amides is 1. The molecule has 0 radical (unpaired) electrons. The minimum atomic E-state index is -1.54. The number of hydrogen-bond acceptors (Lipinski definition) is 19. The lowest BCUT2D eigenvalue weighted by Crippen LogP contribution is -2.61. The zero-order chi connectivity index (χ0) is 60.3. The summed E-state index contributed by atoms with van der Waals surface area (Å²) in [5.74, 6) is -5.30. The van der Waals surface area contributed by atoms with Crippen molar-refractivity contribution in [2.75, 3.05) is 52.6 Å². The number of ether oxygens (including phenoxy) is 10. The van der Waals surface area contributed by atoms with E-state index < -0.39 is 119 Å². The van der Waals surface area contributed by atoms with E-state index in [9.17, 15) is 19.8 Å². The molecular formula is C60H89Cl2N3O16S. The fourth-order valence-corrected chi connectivity index (χ4v) is 15.3. The van der Waals surface area contributed by atoms with Crippen LogP contribution in [0.3, 0.4) is 0 Å². The molecule has 1 amide bonds. The van der Waals surface area contributed by atoms with Gasteiger partial charge < -0.3 is 67.4 Å². The number of ketones is 1. The van der Waals surface area contributed by atoms with Crippen molar-refractivity contribution in [2.24, 2.45) is 29.6 Å². The van der Waals surface area contributed by atoms with Crippen LogP contribution in [0.1, 0.15) is 131 Å². The average molecular weight is 1210 g/mol. The Hall–Kier alpha value is -3.38. The van der Waals surface area contributed by atoms with E-state index in [-0.39, 0.29) is 71.2 Å². The quantitative estimate of drug-likeness (QED) is 0.141. The van der Waals surface area contributed by atoms with Crippen molar-refractivity contribution in [3.8, 4) is 11.5 Å². The third-order valence-corrected chi connectivity index (χ3v) is 20.1. The number of esters is 2. The van der Waals surface area contributed by atoms with Crippen LogP contribution >= 0.6 is 35.0 Å². The van der Waals surface area contributed by atoms with E-state index in [1.807, 2.05) is 53.6 Å². The van der Waals surface area contributed by atoms with Gasteiger partial charge in [0.05, 0.1) is 70.4 Å². The zero-order valence-corrected chi connectivity index (χ0v) is 52.7. The maximum absolute atomic E-state index is 15.5. The van der Waals surface area contributed by atoms with Gasteiger partial charge >= 0.3 is 11.9 Å². The van der Waals surface area contributed by atoms with Crippen molar-refractivity contribution in [2.45, 2.75) is 210 Å². The van der Waals surface area contributed by atoms with Gasteiger partial charge in [-0.25, -0.2) is 0 Å². The Balaban J connectivity index is 1.27. The molecule has 82 heavy (non-hydrogen) atoms. The molecule has 1 aromatic heterocycles. The normalized spacial score (nSPS) is 37.9. The molecule has 5 fully saturated rings. The Morgan fingerprint density at radius 3 is 2.13 bits per heavy atom. The van der Waals surface area contributed by atoms with Crippen LogP contribution in [0.25, 0.3) is 0 Å². The third-order valence-electron chi connectivity index (χ3n) is 18.2. The van der Waals surface area contributed by atoms with Crippen molar-refractivity contribution < 1.29 is 76.8 Å². The van der Waals surface area contributed by atoms with Gasteiger partial charge in [0.2, 0.25) is 0 Å². The van der Waals surface area contributed by atoms with Crippen LogP contribution in [-0.4, -0.2) is 181 Å². The van der Waals surface area contributed by atoms with Crippen LogP contribution in [0.2, 0.25) is 10.0 Å². The highest BCUT2D eigenvalue weighted by atomic mass is 35.5. The first-order valence-corrected chi connectivity index (χ1v) is 30.8. The fourth-order valence-electron chi connectivity index (χ4n) is 13.4. The number of carbonyl (C=O) groups is 4. The van der Waals surface area contributed by atoms with Gasteiger partial charge in [0.25, 0.3) is 5.91 Å². The van der Waals surface area contributed by atoms with Gasteiger partial charge in [-0.3, -0.25) is 24.2 Å². The van der Waals surface area contributed by atoms with Gasteiger partial charge in [-0.1, -0.05) is 50.9 Å². The number of cyclic esters (lactones) is 1. The van der Waals surface area contributed by atoms with Gasteiger partial charge in [-0.2, -0.15) is 0 Å². The molecule has 0 bridgehead atoms. The van der Waals surface area contributed by atoms with Crippen molar-refractivity contribution >= 4 is 64.3 Å². The highest BCUT2D eigenvalue weighted by Gasteiger charge is 2.62. The van der Waals surface area contributed by atoms with E-state index in [4.69, 9.17) is 70.6 Å². The number of aromatic nitrogens is 1. The molecule has 4 saturated heterocycles. The summed E-state index contributed by atoms with van der Waals surface area (Å²) in [4.78, 5) is 67.8. The number of thioether (sulfide) groups is 1. The highest BCUT2D eigenvalue weighted by molar-refractivity contribution is 8.00. The van der Waals surface area contributed by atoms with E-state index >= 15 is 9.59 Å². The lowest BCUT2D eigenvalue weighted by molar-refractivity contribution is -0.319. The minimum absolute atomic E-state index is 0.0237. The molecule has 5 heterocycles. The molecule has 1 unspecified atom stereocenters. The number of pyridine rings is 1. The number of aliphatic hydroxyl groups is 2. The Labute approximate surface area is 498 Å². The smallest absolute Gasteiger partial charge is 0.320 e.